The van der Waals surface area contributed by atoms with Crippen molar-refractivity contribution in [1.82, 2.24) is 0 Å². The van der Waals surface area contributed by atoms with Gasteiger partial charge in [-0.3, -0.25) is 9.59 Å². The van der Waals surface area contributed by atoms with Crippen LogP contribution in [0.25, 0.3) is 6.08 Å². The largest absolute Gasteiger partial charge is 0.365 e. The number of benzene rings is 1. The molecule has 2 amide bonds. The average Bonchev–Trinajstić information content (AvgIpc) is 2.98. The molecule has 0 radical (unpaired) electrons. The van der Waals surface area contributed by atoms with Crippen LogP contribution in [0.3, 0.4) is 0 Å². The van der Waals surface area contributed by atoms with E-state index in [1.165, 1.54) is 35.1 Å². The van der Waals surface area contributed by atoms with Crippen LogP contribution in [0, 0.1) is 5.92 Å². The Morgan fingerprint density at radius 3 is 2.77 bits per heavy atom. The average molecular weight is 369 g/mol. The van der Waals surface area contributed by atoms with Crippen LogP contribution in [-0.2, 0) is 17.6 Å². The van der Waals surface area contributed by atoms with Crippen LogP contribution in [0.4, 0.5) is 5.00 Å². The molecule has 4 nitrogen and oxygen atoms in total. The normalized spacial score (nSPS) is 16.4. The minimum Gasteiger partial charge on any atom is -0.365 e. The Hall–Kier alpha value is -2.40. The third-order valence-corrected chi connectivity index (χ3v) is 5.94. The number of carbonyl (C=O) groups excluding carboxylic acids is 2. The highest BCUT2D eigenvalue weighted by atomic mass is 32.1. The smallest absolute Gasteiger partial charge is 0.251 e. The van der Waals surface area contributed by atoms with Crippen LogP contribution >= 0.6 is 11.3 Å². The number of fused-ring (bicyclic) bond motifs is 1. The second-order valence-corrected chi connectivity index (χ2v) is 7.81. The molecule has 26 heavy (non-hydrogen) atoms. The number of amides is 2. The van der Waals surface area contributed by atoms with Gasteiger partial charge in [-0.15, -0.1) is 11.3 Å². The summed E-state index contributed by atoms with van der Waals surface area (Å²) >= 11 is 1.50. The van der Waals surface area contributed by atoms with E-state index in [0.29, 0.717) is 16.5 Å². The summed E-state index contributed by atoms with van der Waals surface area (Å²) in [5.41, 5.74) is 8.11. The first-order valence-electron chi connectivity index (χ1n) is 9.07. The van der Waals surface area contributed by atoms with E-state index in [1.807, 2.05) is 30.3 Å². The Kier molecular flexibility index (Phi) is 5.89. The van der Waals surface area contributed by atoms with E-state index in [2.05, 4.69) is 12.2 Å². The van der Waals surface area contributed by atoms with Gasteiger partial charge in [-0.2, -0.15) is 0 Å². The molecule has 1 aliphatic carbocycles. The SMILES string of the molecule is CCC[C@@H]1CCc2c(sc(NC(=O)/C=C\c3ccccc3)c2C(N)=O)C1. The Labute approximate surface area is 158 Å². The van der Waals surface area contributed by atoms with Crippen molar-refractivity contribution >= 4 is 34.2 Å². The Morgan fingerprint density at radius 1 is 1.31 bits per heavy atom. The lowest BCUT2D eigenvalue weighted by molar-refractivity contribution is -0.111. The maximum absolute atomic E-state index is 12.3. The van der Waals surface area contributed by atoms with Gasteiger partial charge in [0.2, 0.25) is 5.91 Å². The lowest BCUT2D eigenvalue weighted by Crippen LogP contribution is -2.19. The van der Waals surface area contributed by atoms with Crippen molar-refractivity contribution in [3.63, 3.8) is 0 Å². The van der Waals surface area contributed by atoms with Gasteiger partial charge in [0.1, 0.15) is 5.00 Å². The number of nitrogens with one attached hydrogen (secondary N) is 1. The second kappa shape index (κ2) is 8.32. The Morgan fingerprint density at radius 2 is 2.08 bits per heavy atom. The van der Waals surface area contributed by atoms with E-state index in [9.17, 15) is 9.59 Å². The van der Waals surface area contributed by atoms with Gasteiger partial charge in [0.25, 0.3) is 5.91 Å². The van der Waals surface area contributed by atoms with Crippen LogP contribution in [-0.4, -0.2) is 11.8 Å². The molecule has 1 aromatic carbocycles. The van der Waals surface area contributed by atoms with Crippen LogP contribution in [0.5, 0.6) is 0 Å². The van der Waals surface area contributed by atoms with Crippen LogP contribution in [0.15, 0.2) is 36.4 Å². The number of hydrogen-bond acceptors (Lipinski definition) is 3. The maximum Gasteiger partial charge on any atom is 0.251 e. The topological polar surface area (TPSA) is 72.2 Å². The number of carbonyl (C=O) groups is 2. The molecule has 3 rings (SSSR count). The number of nitrogens with two attached hydrogens (primary N) is 1. The molecule has 0 saturated carbocycles. The summed E-state index contributed by atoms with van der Waals surface area (Å²) in [7, 11) is 0. The highest BCUT2D eigenvalue weighted by molar-refractivity contribution is 7.17. The van der Waals surface area contributed by atoms with Crippen LogP contribution in [0.1, 0.15) is 52.5 Å². The fourth-order valence-electron chi connectivity index (χ4n) is 3.55. The minimum absolute atomic E-state index is 0.250. The van der Waals surface area contributed by atoms with E-state index < -0.39 is 5.91 Å². The highest BCUT2D eigenvalue weighted by Gasteiger charge is 2.28. The van der Waals surface area contributed by atoms with Crippen molar-refractivity contribution in [3.8, 4) is 0 Å². The summed E-state index contributed by atoms with van der Waals surface area (Å²) in [6.07, 6.45) is 8.53. The molecule has 5 heteroatoms. The highest BCUT2D eigenvalue weighted by Crippen LogP contribution is 2.40. The first kappa shape index (κ1) is 18.4. The molecule has 1 aromatic heterocycles. The van der Waals surface area contributed by atoms with Crippen molar-refractivity contribution in [3.05, 3.63) is 58.0 Å². The molecular formula is C21H24N2O2S. The molecule has 1 heterocycles. The number of rotatable bonds is 6. The Balaban J connectivity index is 1.78. The molecule has 0 unspecified atom stereocenters. The summed E-state index contributed by atoms with van der Waals surface area (Å²) in [5, 5.41) is 3.44. The van der Waals surface area contributed by atoms with Crippen molar-refractivity contribution in [2.75, 3.05) is 5.32 Å². The summed E-state index contributed by atoms with van der Waals surface area (Å²) in [6.45, 7) is 2.20. The number of thiophene rings is 1. The van der Waals surface area contributed by atoms with Gasteiger partial charge in [-0.25, -0.2) is 0 Å². The first-order valence-corrected chi connectivity index (χ1v) is 9.88. The van der Waals surface area contributed by atoms with Gasteiger partial charge in [-0.1, -0.05) is 50.1 Å². The third kappa shape index (κ3) is 4.22. The molecule has 0 bridgehead atoms. The molecule has 0 aliphatic heterocycles. The molecule has 1 atom stereocenters. The molecule has 1 aliphatic rings. The van der Waals surface area contributed by atoms with Gasteiger partial charge in [-0.05, 0) is 42.4 Å². The standard InChI is InChI=1S/C21H24N2O2S/c1-2-6-15-9-11-16-17(13-15)26-21(19(16)20(22)25)23-18(24)12-10-14-7-4-3-5-8-14/h3-5,7-8,10,12,15H,2,6,9,11,13H2,1H3,(H2,22,25)(H,23,24)/b12-10-/t15-/m1/s1. The quantitative estimate of drug-likeness (QED) is 0.742. The molecular weight excluding hydrogens is 344 g/mol. The van der Waals surface area contributed by atoms with Gasteiger partial charge >= 0.3 is 0 Å². The zero-order chi connectivity index (χ0) is 18.5. The number of primary amides is 1. The van der Waals surface area contributed by atoms with Gasteiger partial charge < -0.3 is 11.1 Å². The van der Waals surface area contributed by atoms with Crippen molar-refractivity contribution < 1.29 is 9.59 Å². The predicted molar refractivity (Wildman–Crippen MR) is 107 cm³/mol. The van der Waals surface area contributed by atoms with Gasteiger partial charge in [0.15, 0.2) is 0 Å². The number of anilines is 1. The monoisotopic (exact) mass is 368 g/mol. The van der Waals surface area contributed by atoms with E-state index in [-0.39, 0.29) is 5.91 Å². The zero-order valence-corrected chi connectivity index (χ0v) is 15.8. The Bertz CT molecular complexity index is 824. The lowest BCUT2D eigenvalue weighted by atomic mass is 9.84. The molecule has 3 N–H and O–H groups in total. The second-order valence-electron chi connectivity index (χ2n) is 6.70. The van der Waals surface area contributed by atoms with Gasteiger partial charge in [0.05, 0.1) is 5.56 Å². The van der Waals surface area contributed by atoms with Crippen LogP contribution in [0.2, 0.25) is 0 Å². The van der Waals surface area contributed by atoms with E-state index >= 15 is 0 Å². The molecule has 0 fully saturated rings. The van der Waals surface area contributed by atoms with Crippen molar-refractivity contribution in [1.29, 1.82) is 0 Å². The van der Waals surface area contributed by atoms with E-state index in [0.717, 1.165) is 30.4 Å². The molecule has 2 aromatic rings. The fraction of sp³-hybridized carbons (Fsp3) is 0.333. The summed E-state index contributed by atoms with van der Waals surface area (Å²) in [6, 6.07) is 9.62. The van der Waals surface area contributed by atoms with E-state index in [4.69, 9.17) is 5.73 Å². The van der Waals surface area contributed by atoms with Crippen molar-refractivity contribution in [2.45, 2.75) is 39.0 Å². The first-order chi connectivity index (χ1) is 12.6. The summed E-state index contributed by atoms with van der Waals surface area (Å²) in [4.78, 5) is 25.5. The predicted octanol–water partition coefficient (Wildman–Crippen LogP) is 4.40. The van der Waals surface area contributed by atoms with Crippen LogP contribution < -0.4 is 11.1 Å². The molecule has 136 valence electrons. The maximum atomic E-state index is 12.3. The molecule has 0 spiro atoms. The molecule has 0 saturated heterocycles. The zero-order valence-electron chi connectivity index (χ0n) is 15.0. The third-order valence-electron chi connectivity index (χ3n) is 4.77. The number of hydrogen-bond donors (Lipinski definition) is 2. The minimum atomic E-state index is -0.459. The van der Waals surface area contributed by atoms with E-state index in [1.54, 1.807) is 6.08 Å². The summed E-state index contributed by atoms with van der Waals surface area (Å²) < 4.78 is 0. The lowest BCUT2D eigenvalue weighted by Gasteiger charge is -2.21. The fourth-order valence-corrected chi connectivity index (χ4v) is 4.92. The van der Waals surface area contributed by atoms with Gasteiger partial charge in [0, 0.05) is 11.0 Å². The van der Waals surface area contributed by atoms with Crippen molar-refractivity contribution in [2.24, 2.45) is 11.7 Å². The summed E-state index contributed by atoms with van der Waals surface area (Å²) in [5.74, 6) is -0.0488.